The molecule has 1 aliphatic carbocycles. The molecule has 94 valence electrons. The molecular weight excluding hydrogens is 284 g/mol. The Balaban J connectivity index is 1.91. The maximum Gasteiger partial charge on any atom is 0.130 e. The highest BCUT2D eigenvalue weighted by Crippen LogP contribution is 2.30. The molecule has 17 heavy (non-hydrogen) atoms. The molecule has 4 heteroatoms. The molecule has 0 saturated heterocycles. The van der Waals surface area contributed by atoms with Crippen LogP contribution in [0, 0.1) is 0 Å². The normalized spacial score (nSPS) is 27.6. The smallest absolute Gasteiger partial charge is 0.130 e. The second kappa shape index (κ2) is 5.85. The number of rotatable bonds is 5. The lowest BCUT2D eigenvalue weighted by molar-refractivity contribution is -0.162. The van der Waals surface area contributed by atoms with Crippen molar-refractivity contribution in [2.24, 2.45) is 0 Å². The Bertz CT molecular complexity index is 369. The molecular formula is C13H17BrO3. The Morgan fingerprint density at radius 1 is 1.47 bits per heavy atom. The molecule has 1 aliphatic rings. The van der Waals surface area contributed by atoms with Gasteiger partial charge in [0.1, 0.15) is 18.0 Å². The second-order valence-electron chi connectivity index (χ2n) is 4.25. The van der Waals surface area contributed by atoms with Crippen molar-refractivity contribution < 1.29 is 14.6 Å². The zero-order valence-corrected chi connectivity index (χ0v) is 11.4. The van der Waals surface area contributed by atoms with E-state index in [9.17, 15) is 5.11 Å². The summed E-state index contributed by atoms with van der Waals surface area (Å²) < 4.78 is 12.4. The van der Waals surface area contributed by atoms with E-state index < -0.39 is 6.10 Å². The van der Waals surface area contributed by atoms with Crippen molar-refractivity contribution in [2.75, 3.05) is 6.61 Å². The molecule has 0 aromatic heterocycles. The van der Waals surface area contributed by atoms with Crippen molar-refractivity contribution in [1.82, 2.24) is 0 Å². The monoisotopic (exact) mass is 300 g/mol. The van der Waals surface area contributed by atoms with E-state index in [0.29, 0.717) is 13.0 Å². The summed E-state index contributed by atoms with van der Waals surface area (Å²) in [6, 6.07) is 7.71. The van der Waals surface area contributed by atoms with E-state index in [1.54, 1.807) is 0 Å². The summed E-state index contributed by atoms with van der Waals surface area (Å²) in [4.78, 5) is 0. The van der Waals surface area contributed by atoms with Gasteiger partial charge in [0.25, 0.3) is 0 Å². The molecule has 0 radical (unpaired) electrons. The van der Waals surface area contributed by atoms with Crippen LogP contribution in [0.15, 0.2) is 28.7 Å². The Kier molecular flexibility index (Phi) is 4.42. The number of halogens is 1. The Morgan fingerprint density at radius 3 is 2.94 bits per heavy atom. The maximum atomic E-state index is 9.62. The minimum absolute atomic E-state index is 0.0363. The first-order chi connectivity index (χ1) is 8.20. The zero-order valence-electron chi connectivity index (χ0n) is 9.80. The first-order valence-electron chi connectivity index (χ1n) is 5.92. The topological polar surface area (TPSA) is 38.7 Å². The fourth-order valence-corrected chi connectivity index (χ4v) is 2.24. The number of aliphatic hydroxyl groups excluding tert-OH is 1. The third-order valence-electron chi connectivity index (χ3n) is 2.82. The fraction of sp³-hybridized carbons (Fsp3) is 0.538. The molecule has 2 rings (SSSR count). The summed E-state index contributed by atoms with van der Waals surface area (Å²) in [5, 5.41) is 9.62. The van der Waals surface area contributed by atoms with Gasteiger partial charge in [0.05, 0.1) is 6.10 Å². The van der Waals surface area contributed by atoms with Crippen molar-refractivity contribution in [2.45, 2.75) is 38.1 Å². The molecule has 1 aromatic rings. The van der Waals surface area contributed by atoms with Crippen LogP contribution in [0.1, 0.15) is 19.8 Å². The van der Waals surface area contributed by atoms with Gasteiger partial charge in [0.2, 0.25) is 0 Å². The van der Waals surface area contributed by atoms with Crippen LogP contribution in [0.3, 0.4) is 0 Å². The van der Waals surface area contributed by atoms with Crippen LogP contribution < -0.4 is 4.74 Å². The van der Waals surface area contributed by atoms with Gasteiger partial charge in [-0.05, 0) is 24.6 Å². The molecule has 1 saturated carbocycles. The molecule has 0 amide bonds. The molecule has 3 nitrogen and oxygen atoms in total. The van der Waals surface area contributed by atoms with E-state index in [1.165, 1.54) is 0 Å². The fourth-order valence-electron chi connectivity index (χ4n) is 1.86. The minimum atomic E-state index is -0.390. The lowest BCUT2D eigenvalue weighted by Gasteiger charge is -2.40. The summed E-state index contributed by atoms with van der Waals surface area (Å²) >= 11 is 3.40. The van der Waals surface area contributed by atoms with Gasteiger partial charge in [-0.25, -0.2) is 0 Å². The van der Waals surface area contributed by atoms with Crippen molar-refractivity contribution in [3.63, 3.8) is 0 Å². The van der Waals surface area contributed by atoms with E-state index in [2.05, 4.69) is 22.9 Å². The van der Waals surface area contributed by atoms with Crippen LogP contribution in [-0.2, 0) is 4.74 Å². The van der Waals surface area contributed by atoms with Crippen molar-refractivity contribution in [3.8, 4) is 5.75 Å². The van der Waals surface area contributed by atoms with E-state index >= 15 is 0 Å². The quantitative estimate of drug-likeness (QED) is 0.909. The zero-order chi connectivity index (χ0) is 12.3. The van der Waals surface area contributed by atoms with Gasteiger partial charge in [0, 0.05) is 17.5 Å². The van der Waals surface area contributed by atoms with Gasteiger partial charge in [-0.15, -0.1) is 0 Å². The predicted octanol–water partition coefficient (Wildman–Crippen LogP) is 2.76. The summed E-state index contributed by atoms with van der Waals surface area (Å²) in [5.74, 6) is 0.807. The van der Waals surface area contributed by atoms with E-state index in [-0.39, 0.29) is 12.2 Å². The molecule has 0 spiro atoms. The number of hydrogen-bond donors (Lipinski definition) is 1. The van der Waals surface area contributed by atoms with Crippen molar-refractivity contribution in [1.29, 1.82) is 0 Å². The molecule has 1 fully saturated rings. The van der Waals surface area contributed by atoms with Gasteiger partial charge in [-0.1, -0.05) is 28.9 Å². The molecule has 1 aromatic carbocycles. The maximum absolute atomic E-state index is 9.62. The van der Waals surface area contributed by atoms with Gasteiger partial charge >= 0.3 is 0 Å². The van der Waals surface area contributed by atoms with Crippen molar-refractivity contribution in [3.05, 3.63) is 28.7 Å². The van der Waals surface area contributed by atoms with E-state index in [4.69, 9.17) is 9.47 Å². The highest BCUT2D eigenvalue weighted by Gasteiger charge is 2.42. The average molecular weight is 301 g/mol. The highest BCUT2D eigenvalue weighted by molar-refractivity contribution is 9.10. The number of hydrogen-bond acceptors (Lipinski definition) is 3. The van der Waals surface area contributed by atoms with Gasteiger partial charge < -0.3 is 14.6 Å². The van der Waals surface area contributed by atoms with Gasteiger partial charge in [0.15, 0.2) is 0 Å². The Hall–Kier alpha value is -0.580. The number of ether oxygens (including phenoxy) is 2. The second-order valence-corrected chi connectivity index (χ2v) is 5.17. The van der Waals surface area contributed by atoms with E-state index in [1.807, 2.05) is 24.3 Å². The lowest BCUT2D eigenvalue weighted by Crippen LogP contribution is -2.55. The largest absolute Gasteiger partial charge is 0.487 e. The third-order valence-corrected chi connectivity index (χ3v) is 3.31. The summed E-state index contributed by atoms with van der Waals surface area (Å²) in [7, 11) is 0. The Morgan fingerprint density at radius 2 is 2.29 bits per heavy atom. The minimum Gasteiger partial charge on any atom is -0.487 e. The van der Waals surface area contributed by atoms with Crippen LogP contribution in [-0.4, -0.2) is 30.0 Å². The first kappa shape index (κ1) is 12.9. The SMILES string of the molecule is CCCOC1C(O)CC1Oc1cccc(Br)c1. The Labute approximate surface area is 110 Å². The first-order valence-corrected chi connectivity index (χ1v) is 6.72. The predicted molar refractivity (Wildman–Crippen MR) is 69.2 cm³/mol. The molecule has 3 unspecified atom stereocenters. The van der Waals surface area contributed by atoms with Crippen molar-refractivity contribution >= 4 is 15.9 Å². The van der Waals surface area contributed by atoms with Crippen LogP contribution >= 0.6 is 15.9 Å². The van der Waals surface area contributed by atoms with Crippen LogP contribution in [0.4, 0.5) is 0 Å². The van der Waals surface area contributed by atoms with Crippen LogP contribution in [0.5, 0.6) is 5.75 Å². The molecule has 1 N–H and O–H groups in total. The summed E-state index contributed by atoms with van der Waals surface area (Å²) in [6.07, 6.45) is 0.978. The lowest BCUT2D eigenvalue weighted by atomic mass is 9.88. The molecule has 3 atom stereocenters. The van der Waals surface area contributed by atoms with Gasteiger partial charge in [-0.2, -0.15) is 0 Å². The van der Waals surface area contributed by atoms with Crippen LogP contribution in [0.25, 0.3) is 0 Å². The summed E-state index contributed by atoms with van der Waals surface area (Å²) in [5.41, 5.74) is 0. The van der Waals surface area contributed by atoms with E-state index in [0.717, 1.165) is 16.6 Å². The average Bonchev–Trinajstić information content (AvgIpc) is 2.29. The van der Waals surface area contributed by atoms with Gasteiger partial charge in [-0.3, -0.25) is 0 Å². The highest BCUT2D eigenvalue weighted by atomic mass is 79.9. The summed E-state index contributed by atoms with van der Waals surface area (Å²) in [6.45, 7) is 2.72. The molecule has 0 aliphatic heterocycles. The molecule has 0 heterocycles. The third kappa shape index (κ3) is 3.21. The number of aliphatic hydroxyl groups is 1. The molecule has 0 bridgehead atoms. The van der Waals surface area contributed by atoms with Crippen LogP contribution in [0.2, 0.25) is 0 Å². The number of benzene rings is 1. The standard InChI is InChI=1S/C13H17BrO3/c1-2-6-16-13-11(15)8-12(13)17-10-5-3-4-9(14)7-10/h3-5,7,11-13,15H,2,6,8H2,1H3.